The van der Waals surface area contributed by atoms with Crippen LogP contribution in [-0.4, -0.2) is 27.1 Å². The fourth-order valence-electron chi connectivity index (χ4n) is 1.01. The normalized spacial score (nSPS) is 12.6. The van der Waals surface area contributed by atoms with Crippen LogP contribution in [0.15, 0.2) is 6.20 Å². The largest absolute Gasteiger partial charge is 0.478 e. The van der Waals surface area contributed by atoms with Gasteiger partial charge in [0.2, 0.25) is 0 Å². The van der Waals surface area contributed by atoms with Crippen molar-refractivity contribution in [1.29, 1.82) is 0 Å². The Balaban J connectivity index is 2.85. The van der Waals surface area contributed by atoms with Crippen LogP contribution in [0.5, 0.6) is 6.01 Å². The van der Waals surface area contributed by atoms with Gasteiger partial charge in [-0.2, -0.15) is 4.98 Å². The van der Waals surface area contributed by atoms with Crippen LogP contribution in [0.4, 0.5) is 0 Å². The molecule has 0 saturated heterocycles. The van der Waals surface area contributed by atoms with E-state index in [9.17, 15) is 4.79 Å². The summed E-state index contributed by atoms with van der Waals surface area (Å²) in [6.45, 7) is 7.61. The Bertz CT molecular complexity index is 391. The molecule has 0 amide bonds. The minimum absolute atomic E-state index is 0.00456. The second-order valence-electron chi connectivity index (χ2n) is 4.02. The van der Waals surface area contributed by atoms with E-state index in [0.29, 0.717) is 11.6 Å². The molecular weight excluding hydrogens is 208 g/mol. The molecule has 0 radical (unpaired) electrons. The maximum atomic E-state index is 10.7. The van der Waals surface area contributed by atoms with Gasteiger partial charge in [0.15, 0.2) is 0 Å². The molecule has 0 fully saturated rings. The zero-order chi connectivity index (χ0) is 12.3. The summed E-state index contributed by atoms with van der Waals surface area (Å²) in [6.07, 6.45) is 1.27. The first kappa shape index (κ1) is 12.4. The Morgan fingerprint density at radius 2 is 2.06 bits per heavy atom. The third kappa shape index (κ3) is 2.92. The second kappa shape index (κ2) is 4.92. The minimum atomic E-state index is -1.03. The standard InChI is InChI=1S/C11H16N2O3/c1-6(2)8(4)16-11-12-5-9(10(14)15)7(3)13-11/h5-6,8H,1-4H3,(H,14,15). The van der Waals surface area contributed by atoms with Crippen LogP contribution in [0.1, 0.15) is 36.8 Å². The molecule has 0 saturated carbocycles. The van der Waals surface area contributed by atoms with Crippen molar-refractivity contribution in [1.82, 2.24) is 9.97 Å². The van der Waals surface area contributed by atoms with Crippen LogP contribution in [0.2, 0.25) is 0 Å². The molecule has 0 spiro atoms. The molecule has 5 nitrogen and oxygen atoms in total. The average molecular weight is 224 g/mol. The van der Waals surface area contributed by atoms with Crippen LogP contribution >= 0.6 is 0 Å². The summed E-state index contributed by atoms with van der Waals surface area (Å²) in [4.78, 5) is 18.6. The fourth-order valence-corrected chi connectivity index (χ4v) is 1.01. The topological polar surface area (TPSA) is 72.3 Å². The fraction of sp³-hybridized carbons (Fsp3) is 0.545. The van der Waals surface area contributed by atoms with Crippen molar-refractivity contribution in [2.24, 2.45) is 5.92 Å². The van der Waals surface area contributed by atoms with E-state index in [1.54, 1.807) is 6.92 Å². The molecule has 1 aromatic rings. The maximum Gasteiger partial charge on any atom is 0.339 e. The van der Waals surface area contributed by atoms with Crippen LogP contribution in [0.25, 0.3) is 0 Å². The molecule has 0 aliphatic rings. The molecule has 1 heterocycles. The molecule has 16 heavy (non-hydrogen) atoms. The highest BCUT2D eigenvalue weighted by atomic mass is 16.5. The predicted octanol–water partition coefficient (Wildman–Crippen LogP) is 1.91. The Hall–Kier alpha value is -1.65. The number of aromatic carboxylic acids is 1. The Morgan fingerprint density at radius 3 is 2.50 bits per heavy atom. The third-order valence-electron chi connectivity index (χ3n) is 2.42. The number of carboxylic acid groups (broad SMARTS) is 1. The number of aromatic nitrogens is 2. The maximum absolute atomic E-state index is 10.7. The highest BCUT2D eigenvalue weighted by Crippen LogP contribution is 2.13. The summed E-state index contributed by atoms with van der Waals surface area (Å²) in [5.41, 5.74) is 0.512. The number of nitrogens with zero attached hydrogens (tertiary/aromatic N) is 2. The van der Waals surface area contributed by atoms with Gasteiger partial charge < -0.3 is 9.84 Å². The van der Waals surface area contributed by atoms with Crippen molar-refractivity contribution in [3.63, 3.8) is 0 Å². The third-order valence-corrected chi connectivity index (χ3v) is 2.42. The van der Waals surface area contributed by atoms with Crippen LogP contribution in [-0.2, 0) is 0 Å². The Morgan fingerprint density at radius 1 is 1.44 bits per heavy atom. The molecule has 1 rings (SSSR count). The van der Waals surface area contributed by atoms with E-state index in [2.05, 4.69) is 9.97 Å². The van der Waals surface area contributed by atoms with Crippen molar-refractivity contribution in [3.8, 4) is 6.01 Å². The quantitative estimate of drug-likeness (QED) is 0.845. The van der Waals surface area contributed by atoms with Crippen molar-refractivity contribution in [3.05, 3.63) is 17.5 Å². The molecule has 0 aromatic carbocycles. The number of hydrogen-bond acceptors (Lipinski definition) is 4. The lowest BCUT2D eigenvalue weighted by molar-refractivity contribution is 0.0694. The molecule has 5 heteroatoms. The smallest absolute Gasteiger partial charge is 0.339 e. The van der Waals surface area contributed by atoms with Gasteiger partial charge in [0.1, 0.15) is 6.10 Å². The summed E-state index contributed by atoms with van der Waals surface area (Å²) in [6, 6.07) is 0.226. The predicted molar refractivity (Wildman–Crippen MR) is 58.7 cm³/mol. The number of aryl methyl sites for hydroxylation is 1. The van der Waals surface area contributed by atoms with E-state index in [4.69, 9.17) is 9.84 Å². The van der Waals surface area contributed by atoms with Gasteiger partial charge in [0, 0.05) is 6.20 Å². The molecule has 1 unspecified atom stereocenters. The van der Waals surface area contributed by atoms with Crippen molar-refractivity contribution in [2.75, 3.05) is 0 Å². The SMILES string of the molecule is Cc1nc(OC(C)C(C)C)ncc1C(=O)O. The van der Waals surface area contributed by atoms with Crippen molar-refractivity contribution >= 4 is 5.97 Å². The van der Waals surface area contributed by atoms with Gasteiger partial charge in [-0.15, -0.1) is 0 Å². The van der Waals surface area contributed by atoms with Crippen molar-refractivity contribution in [2.45, 2.75) is 33.8 Å². The average Bonchev–Trinajstić information content (AvgIpc) is 2.16. The first-order chi connectivity index (χ1) is 7.41. The second-order valence-corrected chi connectivity index (χ2v) is 4.02. The van der Waals surface area contributed by atoms with Gasteiger partial charge in [-0.3, -0.25) is 0 Å². The molecule has 0 bridgehead atoms. The van der Waals surface area contributed by atoms with Crippen LogP contribution in [0.3, 0.4) is 0 Å². The lowest BCUT2D eigenvalue weighted by atomic mass is 10.1. The molecule has 1 N–H and O–H groups in total. The lowest BCUT2D eigenvalue weighted by Gasteiger charge is -2.16. The van der Waals surface area contributed by atoms with Gasteiger partial charge in [-0.25, -0.2) is 9.78 Å². The highest BCUT2D eigenvalue weighted by Gasteiger charge is 2.14. The first-order valence-electron chi connectivity index (χ1n) is 5.15. The molecular formula is C11H16N2O3. The molecule has 88 valence electrons. The monoisotopic (exact) mass is 224 g/mol. The van der Waals surface area contributed by atoms with Gasteiger partial charge >= 0.3 is 12.0 Å². The number of rotatable bonds is 4. The molecule has 1 aromatic heterocycles. The summed E-state index contributed by atoms with van der Waals surface area (Å²) in [7, 11) is 0. The highest BCUT2D eigenvalue weighted by molar-refractivity contribution is 5.88. The number of ether oxygens (including phenoxy) is 1. The summed E-state index contributed by atoms with van der Waals surface area (Å²) in [5, 5.41) is 8.81. The van der Waals surface area contributed by atoms with E-state index in [1.165, 1.54) is 6.20 Å². The Labute approximate surface area is 94.5 Å². The molecule has 0 aliphatic heterocycles. The van der Waals surface area contributed by atoms with E-state index in [-0.39, 0.29) is 17.7 Å². The first-order valence-corrected chi connectivity index (χ1v) is 5.15. The number of hydrogen-bond donors (Lipinski definition) is 1. The van der Waals surface area contributed by atoms with Crippen molar-refractivity contribution < 1.29 is 14.6 Å². The van der Waals surface area contributed by atoms with Crippen LogP contribution < -0.4 is 4.74 Å². The minimum Gasteiger partial charge on any atom is -0.478 e. The summed E-state index contributed by atoms with van der Waals surface area (Å²) >= 11 is 0. The summed E-state index contributed by atoms with van der Waals surface area (Å²) in [5.74, 6) is -0.677. The van der Waals surface area contributed by atoms with Crippen LogP contribution in [0, 0.1) is 12.8 Å². The van der Waals surface area contributed by atoms with E-state index < -0.39 is 5.97 Å². The zero-order valence-corrected chi connectivity index (χ0v) is 9.89. The van der Waals surface area contributed by atoms with Gasteiger partial charge in [0.05, 0.1) is 11.3 Å². The van der Waals surface area contributed by atoms with E-state index in [1.807, 2.05) is 20.8 Å². The van der Waals surface area contributed by atoms with Gasteiger partial charge in [-0.1, -0.05) is 13.8 Å². The number of carboxylic acids is 1. The molecule has 0 aliphatic carbocycles. The summed E-state index contributed by atoms with van der Waals surface area (Å²) < 4.78 is 5.48. The van der Waals surface area contributed by atoms with E-state index >= 15 is 0 Å². The molecule has 1 atom stereocenters. The lowest BCUT2D eigenvalue weighted by Crippen LogP contribution is -2.20. The Kier molecular flexibility index (Phi) is 3.82. The zero-order valence-electron chi connectivity index (χ0n) is 9.89. The number of carbonyl (C=O) groups is 1. The van der Waals surface area contributed by atoms with E-state index in [0.717, 1.165) is 0 Å². The van der Waals surface area contributed by atoms with Gasteiger partial charge in [-0.05, 0) is 19.8 Å². The van der Waals surface area contributed by atoms with Gasteiger partial charge in [0.25, 0.3) is 0 Å².